The molecule has 3 heteroatoms. The van der Waals surface area contributed by atoms with Crippen LogP contribution in [0.25, 0.3) is 0 Å². The molecule has 1 N–H and O–H groups in total. The Bertz CT molecular complexity index is 1250. The van der Waals surface area contributed by atoms with Crippen LogP contribution in [0.15, 0.2) is 78.9 Å². The van der Waals surface area contributed by atoms with Gasteiger partial charge in [-0.1, -0.05) is 57.2 Å². The first kappa shape index (κ1) is 26.5. The van der Waals surface area contributed by atoms with Crippen molar-refractivity contribution < 1.29 is 9.53 Å². The van der Waals surface area contributed by atoms with Gasteiger partial charge in [0.1, 0.15) is 11.5 Å². The smallest absolute Gasteiger partial charge is 0.142 e. The predicted molar refractivity (Wildman–Crippen MR) is 158 cm³/mol. The number of ketones is 1. The maximum atomic E-state index is 13.8. The van der Waals surface area contributed by atoms with Crippen molar-refractivity contribution in [2.24, 2.45) is 52.3 Å². The number of ether oxygens (including phenoxy) is 1. The lowest BCUT2D eigenvalue weighted by Crippen LogP contribution is -2.61. The van der Waals surface area contributed by atoms with Crippen LogP contribution in [0, 0.1) is 59.2 Å². The van der Waals surface area contributed by atoms with Crippen molar-refractivity contribution in [3.05, 3.63) is 84.4 Å². The van der Waals surface area contributed by atoms with Gasteiger partial charge in [0.05, 0.1) is 12.0 Å². The molecule has 206 valence electrons. The van der Waals surface area contributed by atoms with Crippen molar-refractivity contribution in [3.8, 4) is 5.75 Å². The highest BCUT2D eigenvalue weighted by Crippen LogP contribution is 2.69. The monoisotopic (exact) mass is 523 g/mol. The Morgan fingerprint density at radius 2 is 1.87 bits per heavy atom. The molecule has 4 aliphatic carbocycles. The molecule has 1 aliphatic heterocycles. The molecule has 0 aromatic heterocycles. The number of benzene rings is 1. The molecule has 5 aliphatic rings. The van der Waals surface area contributed by atoms with Crippen LogP contribution in [-0.4, -0.2) is 11.9 Å². The number of rotatable bonds is 4. The molecule has 0 saturated heterocycles. The summed E-state index contributed by atoms with van der Waals surface area (Å²) in [5.74, 6) is 4.29. The van der Waals surface area contributed by atoms with E-state index in [1.807, 2.05) is 18.4 Å². The Kier molecular flexibility index (Phi) is 6.79. The maximum absolute atomic E-state index is 13.8. The summed E-state index contributed by atoms with van der Waals surface area (Å²) >= 11 is 0. The summed E-state index contributed by atoms with van der Waals surface area (Å²) in [6.45, 7) is 13.6. The average molecular weight is 524 g/mol. The molecule has 10 atom stereocenters. The van der Waals surface area contributed by atoms with Crippen LogP contribution >= 0.6 is 0 Å². The van der Waals surface area contributed by atoms with E-state index in [-0.39, 0.29) is 23.4 Å². The molecule has 1 heterocycles. The zero-order valence-corrected chi connectivity index (χ0v) is 24.2. The Balaban J connectivity index is 1.33. The number of aryl methyl sites for hydroxylation is 1. The van der Waals surface area contributed by atoms with Gasteiger partial charge in [0.2, 0.25) is 0 Å². The molecule has 1 aromatic carbocycles. The zero-order valence-electron chi connectivity index (χ0n) is 24.2. The van der Waals surface area contributed by atoms with Crippen molar-refractivity contribution in [2.45, 2.75) is 72.3 Å². The van der Waals surface area contributed by atoms with Crippen LogP contribution in [0.5, 0.6) is 5.75 Å². The van der Waals surface area contributed by atoms with Gasteiger partial charge in [-0.05, 0) is 116 Å². The topological polar surface area (TPSA) is 38.3 Å². The molecule has 3 nitrogen and oxygen atoms in total. The third-order valence-corrected chi connectivity index (χ3v) is 11.7. The van der Waals surface area contributed by atoms with Gasteiger partial charge in [0, 0.05) is 18.3 Å². The molecule has 2 unspecified atom stereocenters. The fraction of sp³-hybridized carbons (Fsp3) is 0.556. The number of hydrogen-bond donors (Lipinski definition) is 1. The standard InChI is InChI=1S/C36H45NO2/c1-6-10-25-20-32(38)34(31-11-8-7-9-18-37-31)30-19-24(3)33-28(36(25,30)5)16-17-35(4)22-27(21-29(33)35)39-26-14-12-23(2)13-15-26/h7-15,18,24-25,27-30,33-34,37H,1,16-17,19-22H2,2-5H3/t24-,25?,27-,28-,29-,30-,33+,34?,35+,36+/m0/s1. The Hall–Kier alpha value is -2.77. The second-order valence-corrected chi connectivity index (χ2v) is 13.8. The maximum Gasteiger partial charge on any atom is 0.142 e. The lowest BCUT2D eigenvalue weighted by atomic mass is 9.39. The van der Waals surface area contributed by atoms with E-state index in [4.69, 9.17) is 4.74 Å². The van der Waals surface area contributed by atoms with Crippen molar-refractivity contribution in [3.63, 3.8) is 0 Å². The first-order valence-corrected chi connectivity index (χ1v) is 15.2. The van der Waals surface area contributed by atoms with E-state index < -0.39 is 0 Å². The normalized spacial score (nSPS) is 42.7. The van der Waals surface area contributed by atoms with E-state index >= 15 is 0 Å². The molecule has 0 spiro atoms. The largest absolute Gasteiger partial charge is 0.490 e. The Morgan fingerprint density at radius 1 is 1.08 bits per heavy atom. The molecule has 4 fully saturated rings. The van der Waals surface area contributed by atoms with Gasteiger partial charge in [0.25, 0.3) is 0 Å². The average Bonchev–Trinajstić information content (AvgIpc) is 3.04. The van der Waals surface area contributed by atoms with Crippen LogP contribution < -0.4 is 10.1 Å². The minimum atomic E-state index is -0.0743. The van der Waals surface area contributed by atoms with Crippen molar-refractivity contribution >= 4 is 5.78 Å². The van der Waals surface area contributed by atoms with Gasteiger partial charge in [0.15, 0.2) is 0 Å². The number of nitrogens with one attached hydrogen (secondary N) is 1. The lowest BCUT2D eigenvalue weighted by molar-refractivity contribution is -0.167. The van der Waals surface area contributed by atoms with E-state index in [0.29, 0.717) is 47.2 Å². The SMILES string of the molecule is C=C=CC1CC(=O)C(C2=CC=CC=CN2)[C@@H]2C[C@H](C)[C@H]3[C@@H]4C[C@H](Oc5ccc(C)cc5)C[C@@]4(C)CC[C@@H]3[C@@]12C. The fourth-order valence-electron chi connectivity index (χ4n) is 9.96. The van der Waals surface area contributed by atoms with Crippen molar-refractivity contribution in [1.82, 2.24) is 5.32 Å². The van der Waals surface area contributed by atoms with E-state index in [2.05, 4.69) is 87.8 Å². The number of allylic oxidation sites excluding steroid dienone is 6. The predicted octanol–water partition coefficient (Wildman–Crippen LogP) is 7.95. The van der Waals surface area contributed by atoms with E-state index in [1.54, 1.807) is 0 Å². The van der Waals surface area contributed by atoms with Gasteiger partial charge in [-0.25, -0.2) is 0 Å². The molecule has 0 radical (unpaired) electrons. The number of Topliss-reactive ketones (excluding diaryl/α,β-unsaturated/α-hetero) is 1. The number of fused-ring (bicyclic) bond motifs is 5. The molecule has 4 saturated carbocycles. The minimum absolute atomic E-state index is 0.0416. The van der Waals surface area contributed by atoms with Crippen LogP contribution in [0.1, 0.15) is 64.9 Å². The highest BCUT2D eigenvalue weighted by molar-refractivity contribution is 5.86. The van der Waals surface area contributed by atoms with E-state index in [0.717, 1.165) is 30.7 Å². The van der Waals surface area contributed by atoms with Gasteiger partial charge in [-0.2, -0.15) is 0 Å². The third kappa shape index (κ3) is 4.38. The van der Waals surface area contributed by atoms with Crippen LogP contribution in [0.3, 0.4) is 0 Å². The molecule has 6 rings (SSSR count). The summed E-state index contributed by atoms with van der Waals surface area (Å²) in [7, 11) is 0. The summed E-state index contributed by atoms with van der Waals surface area (Å²) in [4.78, 5) is 13.8. The van der Waals surface area contributed by atoms with Gasteiger partial charge in [-0.15, -0.1) is 5.73 Å². The van der Waals surface area contributed by atoms with Gasteiger partial charge in [-0.3, -0.25) is 4.79 Å². The number of hydrogen-bond acceptors (Lipinski definition) is 3. The second kappa shape index (κ2) is 10.0. The summed E-state index contributed by atoms with van der Waals surface area (Å²) in [6.07, 6.45) is 19.1. The van der Waals surface area contributed by atoms with Crippen LogP contribution in [0.4, 0.5) is 0 Å². The molecule has 39 heavy (non-hydrogen) atoms. The van der Waals surface area contributed by atoms with E-state index in [1.165, 1.54) is 18.4 Å². The Labute approximate surface area is 235 Å². The summed E-state index contributed by atoms with van der Waals surface area (Å²) in [5.41, 5.74) is 5.82. The summed E-state index contributed by atoms with van der Waals surface area (Å²) in [5, 5.41) is 3.48. The zero-order chi connectivity index (χ0) is 27.4. The number of carbonyl (C=O) groups excluding carboxylic acids is 1. The fourth-order valence-corrected chi connectivity index (χ4v) is 9.96. The lowest BCUT2D eigenvalue weighted by Gasteiger charge is -2.64. The summed E-state index contributed by atoms with van der Waals surface area (Å²) < 4.78 is 6.62. The molecule has 1 aromatic rings. The number of carbonyl (C=O) groups is 1. The molecular weight excluding hydrogens is 478 g/mol. The van der Waals surface area contributed by atoms with Gasteiger partial charge < -0.3 is 10.1 Å². The van der Waals surface area contributed by atoms with E-state index in [9.17, 15) is 4.79 Å². The highest BCUT2D eigenvalue weighted by Gasteiger charge is 2.65. The summed E-state index contributed by atoms with van der Waals surface area (Å²) in [6, 6.07) is 8.56. The first-order valence-electron chi connectivity index (χ1n) is 15.2. The highest BCUT2D eigenvalue weighted by atomic mass is 16.5. The van der Waals surface area contributed by atoms with Gasteiger partial charge >= 0.3 is 0 Å². The minimum Gasteiger partial charge on any atom is -0.490 e. The second-order valence-electron chi connectivity index (χ2n) is 13.8. The van der Waals surface area contributed by atoms with Crippen LogP contribution in [0.2, 0.25) is 0 Å². The molecule has 0 amide bonds. The van der Waals surface area contributed by atoms with Crippen LogP contribution in [-0.2, 0) is 4.79 Å². The third-order valence-electron chi connectivity index (χ3n) is 11.7. The Morgan fingerprint density at radius 3 is 2.64 bits per heavy atom. The molecular formula is C36H45NO2. The van der Waals surface area contributed by atoms with Crippen molar-refractivity contribution in [2.75, 3.05) is 0 Å². The molecule has 0 bridgehead atoms. The first-order chi connectivity index (χ1) is 18.7. The van der Waals surface area contributed by atoms with Crippen molar-refractivity contribution in [1.29, 1.82) is 0 Å². The quantitative estimate of drug-likeness (QED) is 0.407.